The maximum atomic E-state index is 15.6. The molecule has 3 atom stereocenters. The van der Waals surface area contributed by atoms with E-state index < -0.39 is 17.9 Å². The number of anilines is 1. The molecule has 2 aromatic rings. The Morgan fingerprint density at radius 2 is 1.54 bits per heavy atom. The molecule has 5 aliphatic heterocycles. The van der Waals surface area contributed by atoms with Gasteiger partial charge >= 0.3 is 6.09 Å². The molecule has 0 radical (unpaired) electrons. The van der Waals surface area contributed by atoms with Gasteiger partial charge in [0.15, 0.2) is 0 Å². The quantitative estimate of drug-likeness (QED) is 0.243. The van der Waals surface area contributed by atoms with E-state index in [4.69, 9.17) is 4.74 Å². The Morgan fingerprint density at radius 1 is 0.825 bits per heavy atom. The molecule has 6 aliphatic rings. The highest BCUT2D eigenvalue weighted by atomic mass is 19.3. The van der Waals surface area contributed by atoms with Crippen molar-refractivity contribution in [2.45, 2.75) is 55.9 Å². The average molecular weight is 793 g/mol. The van der Waals surface area contributed by atoms with Crippen LogP contribution in [0.3, 0.4) is 0 Å². The first-order valence-corrected chi connectivity index (χ1v) is 21.2. The number of rotatable bonds is 14. The summed E-state index contributed by atoms with van der Waals surface area (Å²) in [6, 6.07) is 13.7. The van der Waals surface area contributed by atoms with Crippen LogP contribution < -0.4 is 10.2 Å². The number of morpholine rings is 1. The van der Waals surface area contributed by atoms with Gasteiger partial charge in [0.05, 0.1) is 19.1 Å². The van der Waals surface area contributed by atoms with E-state index in [1.165, 1.54) is 11.0 Å². The van der Waals surface area contributed by atoms with Gasteiger partial charge in [0.25, 0.3) is 11.8 Å². The van der Waals surface area contributed by atoms with Gasteiger partial charge in [-0.3, -0.25) is 9.69 Å². The largest absolute Gasteiger partial charge is 0.465 e. The first kappa shape index (κ1) is 40.1. The molecule has 2 amide bonds. The zero-order valence-corrected chi connectivity index (χ0v) is 33.1. The molecule has 2 aromatic carbocycles. The molecule has 0 aromatic heterocycles. The minimum Gasteiger partial charge on any atom is -0.465 e. The second kappa shape index (κ2) is 16.9. The van der Waals surface area contributed by atoms with E-state index in [2.05, 4.69) is 37.6 Å². The number of piperidine rings is 1. The number of likely N-dealkylation sites (tertiary alicyclic amines) is 3. The predicted octanol–water partition coefficient (Wildman–Crippen LogP) is 5.49. The monoisotopic (exact) mass is 792 g/mol. The van der Waals surface area contributed by atoms with Gasteiger partial charge in [0.2, 0.25) is 0 Å². The highest BCUT2D eigenvalue weighted by molar-refractivity contribution is 5.93. The number of amides is 2. The van der Waals surface area contributed by atoms with E-state index in [0.29, 0.717) is 37.2 Å². The molecule has 5 heterocycles. The lowest BCUT2D eigenvalue weighted by atomic mass is 9.57. The van der Waals surface area contributed by atoms with Gasteiger partial charge < -0.3 is 34.8 Å². The van der Waals surface area contributed by atoms with Crippen LogP contribution in [0.4, 0.5) is 23.7 Å². The van der Waals surface area contributed by atoms with Crippen molar-refractivity contribution in [1.82, 2.24) is 24.9 Å². The SMILES string of the molecule is C=C(CN1CCOCC1)C(=O)N1CC(C(F)(F)c2ccc(N3CC(CN4CCC([C@@](CN5CCC5)(c5cccc(F)c5)[C@H]5CCC[C@@H]5NC(=O)O)CC4)C3)cc2)C1. The van der Waals surface area contributed by atoms with Crippen molar-refractivity contribution < 1.29 is 32.6 Å². The molecule has 6 fully saturated rings. The summed E-state index contributed by atoms with van der Waals surface area (Å²) in [5, 5.41) is 12.6. The smallest absolute Gasteiger partial charge is 0.404 e. The van der Waals surface area contributed by atoms with Crippen LogP contribution in [-0.2, 0) is 20.9 Å². The number of carbonyl (C=O) groups is 2. The Labute approximate surface area is 335 Å². The van der Waals surface area contributed by atoms with Crippen molar-refractivity contribution in [3.63, 3.8) is 0 Å². The number of benzene rings is 2. The second-order valence-electron chi connectivity index (χ2n) is 17.7. The molecule has 1 saturated carbocycles. The van der Waals surface area contributed by atoms with Crippen LogP contribution in [0.15, 0.2) is 60.7 Å². The summed E-state index contributed by atoms with van der Waals surface area (Å²) in [5.74, 6) is -3.55. The van der Waals surface area contributed by atoms with Crippen molar-refractivity contribution in [2.75, 3.05) is 103 Å². The van der Waals surface area contributed by atoms with Gasteiger partial charge in [-0.2, -0.15) is 0 Å². The van der Waals surface area contributed by atoms with Crippen molar-refractivity contribution in [3.8, 4) is 0 Å². The minimum atomic E-state index is -3.03. The Bertz CT molecular complexity index is 1740. The Balaban J connectivity index is 0.840. The van der Waals surface area contributed by atoms with Crippen LogP contribution in [0.1, 0.15) is 49.7 Å². The number of ether oxygens (including phenoxy) is 1. The van der Waals surface area contributed by atoms with Crippen molar-refractivity contribution in [1.29, 1.82) is 0 Å². The van der Waals surface area contributed by atoms with Gasteiger partial charge in [0.1, 0.15) is 5.82 Å². The van der Waals surface area contributed by atoms with Crippen LogP contribution in [0.2, 0.25) is 0 Å². The number of hydrogen-bond acceptors (Lipinski definition) is 7. The maximum Gasteiger partial charge on any atom is 0.404 e. The molecule has 8 rings (SSSR count). The van der Waals surface area contributed by atoms with E-state index in [0.717, 1.165) is 115 Å². The standard InChI is InChI=1S/C44H59F3N6O4/c1-31(24-50-19-21-57-22-20-50)41(54)53-28-36(29-53)44(46,47)34-9-11-38(12-10-34)52-26-32(27-52)25-49-17-13-33(14-18-49)43(30-51-15-4-16-51,35-5-2-6-37(45)23-35)39-7-3-8-40(39)48-42(55)56/h2,5-6,9-12,23,32-33,36,39-40,48H,1,3-4,7-8,13-22,24-30H2,(H,55,56)/t39-,40-,43-/m0/s1. The Kier molecular flexibility index (Phi) is 11.9. The molecular weight excluding hydrogens is 734 g/mol. The highest BCUT2D eigenvalue weighted by Gasteiger charge is 2.53. The Morgan fingerprint density at radius 3 is 2.19 bits per heavy atom. The second-order valence-corrected chi connectivity index (χ2v) is 17.7. The van der Waals surface area contributed by atoms with E-state index in [-0.39, 0.29) is 47.8 Å². The normalized spacial score (nSPS) is 25.7. The number of nitrogens with one attached hydrogen (secondary N) is 1. The fourth-order valence-electron chi connectivity index (χ4n) is 10.9. The lowest BCUT2D eigenvalue weighted by Crippen LogP contribution is -2.60. The molecular formula is C44H59F3N6O4. The molecule has 13 heteroatoms. The number of carboxylic acid groups (broad SMARTS) is 1. The van der Waals surface area contributed by atoms with E-state index in [1.807, 2.05) is 6.07 Å². The summed E-state index contributed by atoms with van der Waals surface area (Å²) in [6.07, 6.45) is 4.82. The topological polar surface area (TPSA) is 91.8 Å². The number of alkyl halides is 2. The fraction of sp³-hybridized carbons (Fsp3) is 0.636. The summed E-state index contributed by atoms with van der Waals surface area (Å²) in [7, 11) is 0. The summed E-state index contributed by atoms with van der Waals surface area (Å²) in [6.45, 7) is 14.6. The molecule has 0 bridgehead atoms. The van der Waals surface area contributed by atoms with E-state index in [9.17, 15) is 19.1 Å². The summed E-state index contributed by atoms with van der Waals surface area (Å²) in [4.78, 5) is 35.7. The fourth-order valence-corrected chi connectivity index (χ4v) is 10.9. The third kappa shape index (κ3) is 8.45. The van der Waals surface area contributed by atoms with Gasteiger partial charge in [-0.1, -0.05) is 37.3 Å². The molecule has 10 nitrogen and oxygen atoms in total. The van der Waals surface area contributed by atoms with Gasteiger partial charge in [-0.05, 0) is 99.9 Å². The molecule has 310 valence electrons. The van der Waals surface area contributed by atoms with Crippen LogP contribution in [0, 0.1) is 29.5 Å². The van der Waals surface area contributed by atoms with Crippen molar-refractivity contribution in [3.05, 3.63) is 77.6 Å². The van der Waals surface area contributed by atoms with Gasteiger partial charge in [0, 0.05) is 93.1 Å². The summed E-state index contributed by atoms with van der Waals surface area (Å²) < 4.78 is 51.5. The predicted molar refractivity (Wildman–Crippen MR) is 213 cm³/mol. The number of carbonyl (C=O) groups excluding carboxylic acids is 1. The lowest BCUT2D eigenvalue weighted by molar-refractivity contribution is -0.153. The van der Waals surface area contributed by atoms with Crippen molar-refractivity contribution in [2.24, 2.45) is 23.7 Å². The van der Waals surface area contributed by atoms with Crippen LogP contribution in [0.25, 0.3) is 0 Å². The molecule has 0 spiro atoms. The van der Waals surface area contributed by atoms with Crippen LogP contribution in [-0.4, -0.2) is 141 Å². The van der Waals surface area contributed by atoms with E-state index >= 15 is 8.78 Å². The average Bonchev–Trinajstić information content (AvgIpc) is 3.60. The maximum absolute atomic E-state index is 15.6. The molecule has 0 unspecified atom stereocenters. The number of nitrogens with zero attached hydrogens (tertiary/aromatic N) is 5. The third-order valence-electron chi connectivity index (χ3n) is 14.2. The first-order valence-electron chi connectivity index (χ1n) is 21.2. The highest BCUT2D eigenvalue weighted by Crippen LogP contribution is 2.52. The summed E-state index contributed by atoms with van der Waals surface area (Å²) >= 11 is 0. The molecule has 1 aliphatic carbocycles. The van der Waals surface area contributed by atoms with Gasteiger partial charge in [-0.15, -0.1) is 0 Å². The molecule has 2 N–H and O–H groups in total. The zero-order chi connectivity index (χ0) is 39.7. The first-order chi connectivity index (χ1) is 27.5. The summed E-state index contributed by atoms with van der Waals surface area (Å²) in [5.41, 5.74) is 2.04. The number of hydrogen-bond donors (Lipinski definition) is 2. The number of halogens is 3. The lowest BCUT2D eigenvalue weighted by Gasteiger charge is -2.54. The van der Waals surface area contributed by atoms with E-state index in [1.54, 1.807) is 30.3 Å². The Hall–Kier alpha value is -3.65. The van der Waals surface area contributed by atoms with Crippen LogP contribution in [0.5, 0.6) is 0 Å². The molecule has 5 saturated heterocycles. The van der Waals surface area contributed by atoms with Crippen LogP contribution >= 0.6 is 0 Å². The zero-order valence-electron chi connectivity index (χ0n) is 33.1. The van der Waals surface area contributed by atoms with Crippen molar-refractivity contribution >= 4 is 17.7 Å². The molecule has 57 heavy (non-hydrogen) atoms. The van der Waals surface area contributed by atoms with Gasteiger partial charge in [-0.25, -0.2) is 18.0 Å². The third-order valence-corrected chi connectivity index (χ3v) is 14.2. The minimum absolute atomic E-state index is 0.0125.